The minimum Gasteiger partial charge on any atom is -0.488 e. The fraction of sp³-hybridized carbons (Fsp3) is 0.125. The van der Waals surface area contributed by atoms with Gasteiger partial charge in [-0.2, -0.15) is 5.10 Å². The molecule has 0 saturated heterocycles. The van der Waals surface area contributed by atoms with E-state index in [1.807, 2.05) is 47.9 Å². The topological polar surface area (TPSA) is 50.7 Å². The van der Waals surface area contributed by atoms with Crippen molar-refractivity contribution >= 4 is 29.5 Å². The van der Waals surface area contributed by atoms with Crippen LogP contribution in [0.5, 0.6) is 5.75 Å². The molecule has 0 atom stereocenters. The van der Waals surface area contributed by atoms with Gasteiger partial charge in [0.25, 0.3) is 0 Å². The third-order valence-corrected chi connectivity index (χ3v) is 3.87. The predicted octanol–water partition coefficient (Wildman–Crippen LogP) is 2.87. The Morgan fingerprint density at radius 2 is 2.24 bits per heavy atom. The molecule has 0 aliphatic carbocycles. The van der Waals surface area contributed by atoms with Gasteiger partial charge < -0.3 is 4.74 Å². The van der Waals surface area contributed by atoms with Gasteiger partial charge in [0.2, 0.25) is 5.91 Å². The molecule has 1 aromatic carbocycles. The first-order chi connectivity index (χ1) is 10.3. The molecule has 4 nitrogen and oxygen atoms in total. The fourth-order valence-corrected chi connectivity index (χ4v) is 2.71. The molecule has 106 valence electrons. The van der Waals surface area contributed by atoms with E-state index in [4.69, 9.17) is 4.74 Å². The number of ether oxygens (including phenoxy) is 1. The molecule has 5 heteroatoms. The van der Waals surface area contributed by atoms with Gasteiger partial charge >= 0.3 is 0 Å². The van der Waals surface area contributed by atoms with E-state index in [0.29, 0.717) is 13.0 Å². The van der Waals surface area contributed by atoms with E-state index >= 15 is 0 Å². The van der Waals surface area contributed by atoms with Gasteiger partial charge in [0, 0.05) is 16.0 Å². The summed E-state index contributed by atoms with van der Waals surface area (Å²) in [7, 11) is 0. The van der Waals surface area contributed by atoms with Crippen LogP contribution in [0.2, 0.25) is 0 Å². The maximum absolute atomic E-state index is 11.7. The highest BCUT2D eigenvalue weighted by atomic mass is 32.1. The second-order valence-electron chi connectivity index (χ2n) is 4.60. The highest BCUT2D eigenvalue weighted by Gasteiger charge is 2.09. The van der Waals surface area contributed by atoms with E-state index in [0.717, 1.165) is 21.8 Å². The summed E-state index contributed by atoms with van der Waals surface area (Å²) in [5.74, 6) is 0.753. The van der Waals surface area contributed by atoms with Crippen LogP contribution in [0.1, 0.15) is 10.4 Å². The number of hydrazone groups is 1. The quantitative estimate of drug-likeness (QED) is 0.697. The lowest BCUT2D eigenvalue weighted by atomic mass is 10.1. The van der Waals surface area contributed by atoms with Gasteiger partial charge in [0.15, 0.2) is 0 Å². The molecule has 0 spiro atoms. The zero-order valence-corrected chi connectivity index (χ0v) is 12.1. The molecule has 21 heavy (non-hydrogen) atoms. The SMILES string of the molecule is O=C(Cc1cccs1)N/N=C\C1=Cc2ccccc2OC1. The van der Waals surface area contributed by atoms with Crippen molar-refractivity contribution in [1.29, 1.82) is 0 Å². The van der Waals surface area contributed by atoms with Gasteiger partial charge in [-0.25, -0.2) is 5.43 Å². The molecule has 0 bridgehead atoms. The summed E-state index contributed by atoms with van der Waals surface area (Å²) in [6.07, 6.45) is 3.99. The minimum atomic E-state index is -0.119. The van der Waals surface area contributed by atoms with Crippen molar-refractivity contribution in [3.05, 3.63) is 57.8 Å². The number of benzene rings is 1. The molecule has 1 amide bonds. The van der Waals surface area contributed by atoms with Crippen LogP contribution in [0.3, 0.4) is 0 Å². The van der Waals surface area contributed by atoms with E-state index in [-0.39, 0.29) is 5.91 Å². The molecule has 0 radical (unpaired) electrons. The Kier molecular flexibility index (Phi) is 4.12. The zero-order chi connectivity index (χ0) is 14.5. The van der Waals surface area contributed by atoms with E-state index < -0.39 is 0 Å². The smallest absolute Gasteiger partial charge is 0.245 e. The number of para-hydroxylation sites is 1. The molecule has 3 rings (SSSR count). The molecule has 2 aromatic rings. The molecular formula is C16H14N2O2S. The number of carbonyl (C=O) groups is 1. The zero-order valence-electron chi connectivity index (χ0n) is 11.3. The molecule has 2 heterocycles. The number of hydrogen-bond acceptors (Lipinski definition) is 4. The van der Waals surface area contributed by atoms with Crippen molar-refractivity contribution in [1.82, 2.24) is 5.43 Å². The molecule has 1 aromatic heterocycles. The van der Waals surface area contributed by atoms with Crippen LogP contribution in [0.25, 0.3) is 6.08 Å². The molecule has 0 fully saturated rings. The maximum atomic E-state index is 11.7. The first-order valence-electron chi connectivity index (χ1n) is 6.58. The number of rotatable bonds is 4. The average Bonchev–Trinajstić information content (AvgIpc) is 3.00. The first-order valence-corrected chi connectivity index (χ1v) is 7.46. The number of nitrogens with one attached hydrogen (secondary N) is 1. The summed E-state index contributed by atoms with van der Waals surface area (Å²) in [6, 6.07) is 11.7. The summed E-state index contributed by atoms with van der Waals surface area (Å²) >= 11 is 1.56. The van der Waals surface area contributed by atoms with Gasteiger partial charge in [0.05, 0.1) is 12.6 Å². The number of carbonyl (C=O) groups excluding carboxylic acids is 1. The minimum absolute atomic E-state index is 0.119. The van der Waals surface area contributed by atoms with Crippen molar-refractivity contribution in [3.63, 3.8) is 0 Å². The maximum Gasteiger partial charge on any atom is 0.245 e. The monoisotopic (exact) mass is 298 g/mol. The van der Waals surface area contributed by atoms with Crippen molar-refractivity contribution in [2.24, 2.45) is 5.10 Å². The standard InChI is InChI=1S/C16H14N2O2S/c19-16(9-14-5-3-7-21-14)18-17-10-12-8-13-4-1-2-6-15(13)20-11-12/h1-8,10H,9,11H2,(H,18,19)/b17-10-. The summed E-state index contributed by atoms with van der Waals surface area (Å²) in [5, 5.41) is 5.93. The summed E-state index contributed by atoms with van der Waals surface area (Å²) in [5.41, 5.74) is 4.48. The van der Waals surface area contributed by atoms with Crippen molar-refractivity contribution in [2.45, 2.75) is 6.42 Å². The lowest BCUT2D eigenvalue weighted by molar-refractivity contribution is -0.120. The number of fused-ring (bicyclic) bond motifs is 1. The summed E-state index contributed by atoms with van der Waals surface area (Å²) < 4.78 is 5.61. The van der Waals surface area contributed by atoms with Crippen LogP contribution in [0.4, 0.5) is 0 Å². The van der Waals surface area contributed by atoms with Crippen LogP contribution in [-0.2, 0) is 11.2 Å². The van der Waals surface area contributed by atoms with Gasteiger partial charge in [0.1, 0.15) is 12.4 Å². The third kappa shape index (κ3) is 3.58. The molecule has 0 unspecified atom stereocenters. The second-order valence-corrected chi connectivity index (χ2v) is 5.63. The van der Waals surface area contributed by atoms with Crippen LogP contribution < -0.4 is 10.2 Å². The molecule has 1 aliphatic heterocycles. The number of hydrogen-bond donors (Lipinski definition) is 1. The lowest BCUT2D eigenvalue weighted by Gasteiger charge is -2.15. The Hall–Kier alpha value is -2.40. The van der Waals surface area contributed by atoms with Crippen molar-refractivity contribution in [3.8, 4) is 5.75 Å². The third-order valence-electron chi connectivity index (χ3n) is 2.99. The predicted molar refractivity (Wildman–Crippen MR) is 84.6 cm³/mol. The van der Waals surface area contributed by atoms with Crippen LogP contribution >= 0.6 is 11.3 Å². The van der Waals surface area contributed by atoms with Crippen LogP contribution in [0, 0.1) is 0 Å². The molecule has 0 saturated carbocycles. The van der Waals surface area contributed by atoms with Crippen molar-refractivity contribution < 1.29 is 9.53 Å². The summed E-state index contributed by atoms with van der Waals surface area (Å²) in [4.78, 5) is 12.7. The number of amides is 1. The fourth-order valence-electron chi connectivity index (χ4n) is 2.01. The normalized spacial score (nSPS) is 13.4. The van der Waals surface area contributed by atoms with E-state index in [1.165, 1.54) is 0 Å². The van der Waals surface area contributed by atoms with Gasteiger partial charge in [-0.15, -0.1) is 11.3 Å². The summed E-state index contributed by atoms with van der Waals surface area (Å²) in [6.45, 7) is 0.460. The molecule has 1 aliphatic rings. The van der Waals surface area contributed by atoms with Gasteiger partial charge in [-0.05, 0) is 23.6 Å². The Morgan fingerprint density at radius 1 is 1.33 bits per heavy atom. The number of thiophene rings is 1. The van der Waals surface area contributed by atoms with E-state index in [1.54, 1.807) is 17.6 Å². The van der Waals surface area contributed by atoms with E-state index in [2.05, 4.69) is 10.5 Å². The Balaban J connectivity index is 1.57. The largest absolute Gasteiger partial charge is 0.488 e. The Labute approximate surface area is 126 Å². The Morgan fingerprint density at radius 3 is 3.10 bits per heavy atom. The highest BCUT2D eigenvalue weighted by Crippen LogP contribution is 2.24. The Bertz CT molecular complexity index is 690. The molecular weight excluding hydrogens is 284 g/mol. The van der Waals surface area contributed by atoms with Crippen LogP contribution in [-0.4, -0.2) is 18.7 Å². The number of nitrogens with zero attached hydrogens (tertiary/aromatic N) is 1. The van der Waals surface area contributed by atoms with Gasteiger partial charge in [-0.1, -0.05) is 24.3 Å². The van der Waals surface area contributed by atoms with Crippen molar-refractivity contribution in [2.75, 3.05) is 6.61 Å². The first kappa shape index (κ1) is 13.6. The second kappa shape index (κ2) is 6.37. The molecule has 1 N–H and O–H groups in total. The lowest BCUT2D eigenvalue weighted by Crippen LogP contribution is -2.20. The highest BCUT2D eigenvalue weighted by molar-refractivity contribution is 7.10. The average molecular weight is 298 g/mol. The van der Waals surface area contributed by atoms with Crippen LogP contribution in [0.15, 0.2) is 52.5 Å². The van der Waals surface area contributed by atoms with E-state index in [9.17, 15) is 4.79 Å². The van der Waals surface area contributed by atoms with Gasteiger partial charge in [-0.3, -0.25) is 4.79 Å².